The number of carbonyl (C=O) groups is 2. The van der Waals surface area contributed by atoms with Crippen LogP contribution in [0.15, 0.2) is 0 Å². The van der Waals surface area contributed by atoms with E-state index in [1.807, 2.05) is 27.7 Å². The van der Waals surface area contributed by atoms with Crippen molar-refractivity contribution in [1.82, 2.24) is 0 Å². The van der Waals surface area contributed by atoms with Crippen molar-refractivity contribution >= 4 is 49.0 Å². The summed E-state index contributed by atoms with van der Waals surface area (Å²) in [6, 6.07) is 0. The van der Waals surface area contributed by atoms with Gasteiger partial charge in [0.2, 0.25) is 0 Å². The van der Waals surface area contributed by atoms with Crippen molar-refractivity contribution in [2.24, 2.45) is 0 Å². The Kier molecular flexibility index (Phi) is 21.3. The minimum atomic E-state index is -2.87. The molecule has 0 unspecified atom stereocenters. The Balaban J connectivity index is -0.000000238. The maximum atomic E-state index is 9.10. The van der Waals surface area contributed by atoms with Gasteiger partial charge in [-0.3, -0.25) is 0 Å². The number of hydrogen-bond donors (Lipinski definition) is 2. The van der Waals surface area contributed by atoms with Gasteiger partial charge in [0.1, 0.15) is 0 Å². The molecule has 0 aromatic rings. The van der Waals surface area contributed by atoms with Gasteiger partial charge in [0.25, 0.3) is 0 Å². The summed E-state index contributed by atoms with van der Waals surface area (Å²) in [5, 5.41) is 14.8. The van der Waals surface area contributed by atoms with E-state index >= 15 is 0 Å². The molecule has 0 rings (SSSR count). The fourth-order valence-corrected chi connectivity index (χ4v) is 7.30. The van der Waals surface area contributed by atoms with Crippen molar-refractivity contribution in [1.29, 1.82) is 0 Å². The van der Waals surface area contributed by atoms with Crippen LogP contribution >= 0.6 is 13.4 Å². The second-order valence-corrected chi connectivity index (χ2v) is 9.42. The molecule has 140 valence electrons. The molecule has 0 aromatic heterocycles. The first-order valence-corrected chi connectivity index (χ1v) is 11.7. The predicted molar refractivity (Wildman–Crippen MR) is 92.5 cm³/mol. The number of rotatable bonds is 10. The van der Waals surface area contributed by atoms with E-state index in [4.69, 9.17) is 65.8 Å². The Morgan fingerprint density at radius 3 is 1.12 bits per heavy atom. The third-order valence-corrected chi connectivity index (χ3v) is 7.89. The monoisotopic (exact) mass is 452 g/mol. The molecule has 0 atom stereocenters. The van der Waals surface area contributed by atoms with E-state index in [0.29, 0.717) is 26.4 Å². The molecule has 14 heteroatoms. The second kappa shape index (κ2) is 16.8. The van der Waals surface area contributed by atoms with Crippen LogP contribution in [0.2, 0.25) is 0 Å². The summed E-state index contributed by atoms with van der Waals surface area (Å²) >= 11 is 10.4. The molecule has 24 heavy (non-hydrogen) atoms. The molecule has 0 bridgehead atoms. The Labute approximate surface area is 196 Å². The Morgan fingerprint density at radius 2 is 1.00 bits per heavy atom. The standard InChI is InChI=1S/C8H20O5P2S2.C2H2O4.K.H/c1-5-9-14(16,10-6-2)13-15(17,11-7-3)12-8-4;3-1(4)2(5)6;;/h5-8H2,1-4H3;(H,3,4)(H,5,6);;/q;;+1;-1. The number of hydrogen-bond acceptors (Lipinski definition) is 9. The summed E-state index contributed by atoms with van der Waals surface area (Å²) in [7, 11) is 0. The SMILES string of the molecule is CCOP(=S)(OCC)OP(=S)(OCC)OCC.O=C(O)C(=O)O.[H-].[K+]. The molecule has 0 amide bonds. The van der Waals surface area contributed by atoms with E-state index in [1.54, 1.807) is 0 Å². The molecule has 0 aliphatic rings. The van der Waals surface area contributed by atoms with Gasteiger partial charge in [0, 0.05) is 0 Å². The van der Waals surface area contributed by atoms with Crippen LogP contribution in [0.3, 0.4) is 0 Å². The first-order chi connectivity index (χ1) is 10.6. The molecule has 2 N–H and O–H groups in total. The van der Waals surface area contributed by atoms with Gasteiger partial charge >= 0.3 is 76.8 Å². The van der Waals surface area contributed by atoms with E-state index in [-0.39, 0.29) is 52.8 Å². The smallest absolute Gasteiger partial charge is 1.00 e. The summed E-state index contributed by atoms with van der Waals surface area (Å²) in [5.41, 5.74) is 0. The molecule has 0 heterocycles. The van der Waals surface area contributed by atoms with Crippen LogP contribution < -0.4 is 51.4 Å². The zero-order chi connectivity index (χ0) is 18.5. The Hall–Kier alpha value is 1.68. The Bertz CT molecular complexity index is 410. The summed E-state index contributed by atoms with van der Waals surface area (Å²) in [5.74, 6) is -3.65. The minimum Gasteiger partial charge on any atom is -1.00 e. The maximum Gasteiger partial charge on any atom is 1.00 e. The van der Waals surface area contributed by atoms with E-state index in [0.717, 1.165) is 0 Å². The second-order valence-electron chi connectivity index (χ2n) is 3.26. The van der Waals surface area contributed by atoms with E-state index in [9.17, 15) is 0 Å². The third-order valence-electron chi connectivity index (χ3n) is 1.53. The molecule has 0 saturated heterocycles. The molecule has 0 saturated carbocycles. The van der Waals surface area contributed by atoms with E-state index in [1.165, 1.54) is 0 Å². The van der Waals surface area contributed by atoms with Gasteiger partial charge in [-0.2, -0.15) is 0 Å². The fourth-order valence-electron chi connectivity index (χ4n) is 0.924. The van der Waals surface area contributed by atoms with Gasteiger partial charge in [-0.05, 0) is 51.3 Å². The molecular formula is C10H23KO9P2S2. The van der Waals surface area contributed by atoms with Gasteiger partial charge in [0.15, 0.2) is 0 Å². The van der Waals surface area contributed by atoms with Crippen molar-refractivity contribution in [3.8, 4) is 0 Å². The molecular weight excluding hydrogens is 429 g/mol. The summed E-state index contributed by atoms with van der Waals surface area (Å²) < 4.78 is 26.9. The van der Waals surface area contributed by atoms with Crippen LogP contribution in [-0.2, 0) is 55.6 Å². The van der Waals surface area contributed by atoms with Crippen molar-refractivity contribution in [2.75, 3.05) is 26.4 Å². The van der Waals surface area contributed by atoms with Crippen LogP contribution in [0.25, 0.3) is 0 Å². The number of carboxylic acids is 2. The van der Waals surface area contributed by atoms with Gasteiger partial charge in [0.05, 0.1) is 26.4 Å². The zero-order valence-corrected chi connectivity index (χ0v) is 20.8. The fraction of sp³-hybridized carbons (Fsp3) is 0.800. The quantitative estimate of drug-likeness (QED) is 0.262. The zero-order valence-electron chi connectivity index (χ0n) is 15.3. The van der Waals surface area contributed by atoms with Crippen LogP contribution in [0.1, 0.15) is 29.1 Å². The van der Waals surface area contributed by atoms with Gasteiger partial charge in [-0.25, -0.2) is 13.9 Å². The summed E-state index contributed by atoms with van der Waals surface area (Å²) in [4.78, 5) is 18.2. The van der Waals surface area contributed by atoms with E-state index < -0.39 is 25.4 Å². The van der Waals surface area contributed by atoms with Crippen molar-refractivity contribution in [3.63, 3.8) is 0 Å². The van der Waals surface area contributed by atoms with Gasteiger partial charge < -0.3 is 29.7 Å². The first kappa shape index (κ1) is 30.4. The molecule has 0 radical (unpaired) electrons. The van der Waals surface area contributed by atoms with Crippen molar-refractivity contribution in [2.45, 2.75) is 27.7 Å². The van der Waals surface area contributed by atoms with Crippen LogP contribution in [0.4, 0.5) is 0 Å². The predicted octanol–water partition coefficient (Wildman–Crippen LogP) is -0.130. The Morgan fingerprint density at radius 1 is 0.792 bits per heavy atom. The van der Waals surface area contributed by atoms with Crippen LogP contribution in [0, 0.1) is 0 Å². The minimum absolute atomic E-state index is 0. The maximum absolute atomic E-state index is 9.10. The molecule has 0 fully saturated rings. The average molecular weight is 452 g/mol. The number of aliphatic carboxylic acids is 2. The van der Waals surface area contributed by atoms with Gasteiger partial charge in [-0.15, -0.1) is 0 Å². The normalized spacial score (nSPS) is 11.0. The topological polar surface area (TPSA) is 121 Å². The van der Waals surface area contributed by atoms with Crippen LogP contribution in [0.5, 0.6) is 0 Å². The van der Waals surface area contributed by atoms with Crippen molar-refractivity contribution in [3.05, 3.63) is 0 Å². The average Bonchev–Trinajstić information content (AvgIpc) is 2.39. The first-order valence-electron chi connectivity index (χ1n) is 6.55. The summed E-state index contributed by atoms with van der Waals surface area (Å²) in [6.07, 6.45) is 0. The number of carboxylic acid groups (broad SMARTS) is 2. The van der Waals surface area contributed by atoms with E-state index in [2.05, 4.69) is 0 Å². The molecule has 0 aliphatic heterocycles. The molecule has 0 aliphatic carbocycles. The molecule has 0 spiro atoms. The van der Waals surface area contributed by atoms with Gasteiger partial charge in [-0.1, -0.05) is 0 Å². The molecule has 0 aromatic carbocycles. The third kappa shape index (κ3) is 15.9. The molecule has 9 nitrogen and oxygen atoms in total. The van der Waals surface area contributed by atoms with Crippen LogP contribution in [-0.4, -0.2) is 48.6 Å². The largest absolute Gasteiger partial charge is 1.00 e. The van der Waals surface area contributed by atoms with Crippen molar-refractivity contribution < 1.29 is 95.0 Å². The summed E-state index contributed by atoms with van der Waals surface area (Å²) in [6.45, 7) is 3.09.